The van der Waals surface area contributed by atoms with E-state index in [1.165, 1.54) is 0 Å². The standard InChI is InChI=1S/C16H33NO4Si/c1-14(2,3)12-9-10-17(13(19)20-15(4,5)6)16(12,11-18)21-22(7)8/h12,18,22H,9-11H2,1-8H3/t12-,16+/m1/s1. The molecular formula is C16H33NO4Si. The smallest absolute Gasteiger partial charge is 0.412 e. The molecule has 6 heteroatoms. The fraction of sp³-hybridized carbons (Fsp3) is 0.938. The van der Waals surface area contributed by atoms with Crippen LogP contribution in [0.2, 0.25) is 13.1 Å². The number of nitrogens with zero attached hydrogens (tertiary/aromatic N) is 1. The van der Waals surface area contributed by atoms with Gasteiger partial charge in [-0.25, -0.2) is 4.79 Å². The lowest BCUT2D eigenvalue weighted by atomic mass is 9.74. The molecule has 0 saturated carbocycles. The second kappa shape index (κ2) is 6.49. The summed E-state index contributed by atoms with van der Waals surface area (Å²) >= 11 is 0. The first kappa shape index (κ1) is 19.5. The highest BCUT2D eigenvalue weighted by Gasteiger charge is 2.56. The third kappa shape index (κ3) is 4.23. The lowest BCUT2D eigenvalue weighted by molar-refractivity contribution is -0.139. The Hall–Kier alpha value is -0.593. The number of aliphatic hydroxyl groups is 1. The highest BCUT2D eigenvalue weighted by molar-refractivity contribution is 6.48. The van der Waals surface area contributed by atoms with E-state index in [1.54, 1.807) is 4.90 Å². The Bertz CT molecular complexity index is 400. The largest absolute Gasteiger partial charge is 0.444 e. The summed E-state index contributed by atoms with van der Waals surface area (Å²) in [5.74, 6) is 0.0763. The van der Waals surface area contributed by atoms with E-state index in [9.17, 15) is 9.90 Å². The number of carbonyl (C=O) groups is 1. The van der Waals surface area contributed by atoms with E-state index in [0.29, 0.717) is 6.54 Å². The maximum Gasteiger partial charge on any atom is 0.412 e. The van der Waals surface area contributed by atoms with Crippen LogP contribution in [0.1, 0.15) is 48.0 Å². The summed E-state index contributed by atoms with van der Waals surface area (Å²) in [6.45, 7) is 16.4. The molecule has 1 rings (SSSR count). The van der Waals surface area contributed by atoms with Gasteiger partial charge in [0.2, 0.25) is 0 Å². The molecule has 2 atom stereocenters. The van der Waals surface area contributed by atoms with Gasteiger partial charge < -0.3 is 14.3 Å². The summed E-state index contributed by atoms with van der Waals surface area (Å²) in [5.41, 5.74) is -1.59. The van der Waals surface area contributed by atoms with Crippen molar-refractivity contribution in [3.05, 3.63) is 0 Å². The quantitative estimate of drug-likeness (QED) is 0.808. The Morgan fingerprint density at radius 3 is 2.18 bits per heavy atom. The number of carbonyl (C=O) groups excluding carboxylic acids is 1. The summed E-state index contributed by atoms with van der Waals surface area (Å²) < 4.78 is 11.8. The van der Waals surface area contributed by atoms with Crippen molar-refractivity contribution in [2.75, 3.05) is 13.2 Å². The molecule has 0 aromatic heterocycles. The van der Waals surface area contributed by atoms with Crippen molar-refractivity contribution in [3.8, 4) is 0 Å². The normalized spacial score (nSPS) is 26.6. The Morgan fingerprint density at radius 1 is 1.27 bits per heavy atom. The van der Waals surface area contributed by atoms with Crippen molar-refractivity contribution in [2.24, 2.45) is 11.3 Å². The van der Waals surface area contributed by atoms with E-state index in [2.05, 4.69) is 33.9 Å². The zero-order valence-electron chi connectivity index (χ0n) is 15.4. The first-order chi connectivity index (χ1) is 9.83. The molecule has 1 N–H and O–H groups in total. The molecule has 1 aliphatic rings. The van der Waals surface area contributed by atoms with Gasteiger partial charge in [0.25, 0.3) is 0 Å². The average molecular weight is 332 g/mol. The maximum atomic E-state index is 12.6. The second-order valence-corrected chi connectivity index (χ2v) is 10.8. The van der Waals surface area contributed by atoms with Crippen LogP contribution in [-0.2, 0) is 9.16 Å². The van der Waals surface area contributed by atoms with Gasteiger partial charge in [0, 0.05) is 12.5 Å². The zero-order valence-corrected chi connectivity index (χ0v) is 16.5. The summed E-state index contributed by atoms with van der Waals surface area (Å²) in [7, 11) is -1.46. The van der Waals surface area contributed by atoms with Gasteiger partial charge >= 0.3 is 6.09 Å². The minimum Gasteiger partial charge on any atom is -0.444 e. The number of ether oxygens (including phenoxy) is 1. The van der Waals surface area contributed by atoms with Crippen LogP contribution in [0.5, 0.6) is 0 Å². The third-order valence-electron chi connectivity index (χ3n) is 3.97. The van der Waals surface area contributed by atoms with E-state index in [1.807, 2.05) is 20.8 Å². The molecule has 0 radical (unpaired) electrons. The van der Waals surface area contributed by atoms with Crippen LogP contribution in [0.4, 0.5) is 4.79 Å². The van der Waals surface area contributed by atoms with Gasteiger partial charge in [-0.2, -0.15) is 0 Å². The summed E-state index contributed by atoms with van der Waals surface area (Å²) in [6, 6.07) is 0. The van der Waals surface area contributed by atoms with Gasteiger partial charge in [-0.15, -0.1) is 0 Å². The van der Waals surface area contributed by atoms with Crippen molar-refractivity contribution in [2.45, 2.75) is 72.4 Å². The minimum absolute atomic E-state index is 0.0667. The minimum atomic E-state index is -1.46. The number of hydrogen-bond acceptors (Lipinski definition) is 4. The number of amides is 1. The molecule has 1 heterocycles. The molecule has 0 unspecified atom stereocenters. The Kier molecular flexibility index (Phi) is 5.74. The molecule has 0 aliphatic carbocycles. The lowest BCUT2D eigenvalue weighted by Crippen LogP contribution is -2.60. The molecule has 22 heavy (non-hydrogen) atoms. The van der Waals surface area contributed by atoms with Crippen LogP contribution in [0.15, 0.2) is 0 Å². The van der Waals surface area contributed by atoms with Gasteiger partial charge in [0.1, 0.15) is 5.60 Å². The molecule has 5 nitrogen and oxygen atoms in total. The molecule has 0 spiro atoms. The first-order valence-electron chi connectivity index (χ1n) is 8.13. The number of rotatable bonds is 3. The van der Waals surface area contributed by atoms with Gasteiger partial charge in [-0.05, 0) is 45.7 Å². The molecule has 0 aromatic rings. The summed E-state index contributed by atoms with van der Waals surface area (Å²) in [4.78, 5) is 14.2. The van der Waals surface area contributed by atoms with Gasteiger partial charge in [0.15, 0.2) is 14.8 Å². The molecule has 0 aromatic carbocycles. The first-order valence-corrected chi connectivity index (χ1v) is 10.9. The van der Waals surface area contributed by atoms with E-state index < -0.39 is 26.5 Å². The van der Waals surface area contributed by atoms with Crippen molar-refractivity contribution in [1.82, 2.24) is 4.90 Å². The van der Waals surface area contributed by atoms with Crippen LogP contribution >= 0.6 is 0 Å². The number of likely N-dealkylation sites (tertiary alicyclic amines) is 1. The zero-order chi connectivity index (χ0) is 17.3. The Morgan fingerprint density at radius 2 is 1.82 bits per heavy atom. The predicted molar refractivity (Wildman–Crippen MR) is 90.3 cm³/mol. The van der Waals surface area contributed by atoms with Crippen molar-refractivity contribution in [3.63, 3.8) is 0 Å². The average Bonchev–Trinajstić information content (AvgIpc) is 2.65. The van der Waals surface area contributed by atoms with E-state index >= 15 is 0 Å². The topological polar surface area (TPSA) is 59.0 Å². The molecule has 1 amide bonds. The maximum absolute atomic E-state index is 12.6. The molecular weight excluding hydrogens is 298 g/mol. The lowest BCUT2D eigenvalue weighted by Gasteiger charge is -2.46. The Labute approximate surface area is 136 Å². The van der Waals surface area contributed by atoms with Crippen LogP contribution in [0.25, 0.3) is 0 Å². The number of aliphatic hydroxyl groups excluding tert-OH is 1. The molecule has 1 aliphatic heterocycles. The van der Waals surface area contributed by atoms with Crippen LogP contribution in [-0.4, -0.2) is 49.6 Å². The van der Waals surface area contributed by atoms with Crippen LogP contribution in [0, 0.1) is 11.3 Å². The van der Waals surface area contributed by atoms with Crippen molar-refractivity contribution >= 4 is 15.1 Å². The predicted octanol–water partition coefficient (Wildman–Crippen LogP) is 2.98. The SMILES string of the molecule is C[SiH](C)O[C@@]1(CO)[C@@H](C(C)(C)C)CCN1C(=O)OC(C)(C)C. The van der Waals surface area contributed by atoms with Gasteiger partial charge in [-0.1, -0.05) is 20.8 Å². The van der Waals surface area contributed by atoms with Crippen molar-refractivity contribution in [1.29, 1.82) is 0 Å². The molecule has 0 bridgehead atoms. The van der Waals surface area contributed by atoms with Crippen LogP contribution < -0.4 is 0 Å². The van der Waals surface area contributed by atoms with E-state index in [4.69, 9.17) is 9.16 Å². The third-order valence-corrected chi connectivity index (χ3v) is 4.85. The molecule has 130 valence electrons. The Balaban J connectivity index is 3.18. The molecule has 1 fully saturated rings. The monoisotopic (exact) mass is 331 g/mol. The number of hydrogen-bond donors (Lipinski definition) is 1. The van der Waals surface area contributed by atoms with Crippen LogP contribution in [0.3, 0.4) is 0 Å². The highest BCUT2D eigenvalue weighted by Crippen LogP contribution is 2.46. The van der Waals surface area contributed by atoms with Gasteiger partial charge in [-0.3, -0.25) is 4.90 Å². The summed E-state index contributed by atoms with van der Waals surface area (Å²) in [6.07, 6.45) is 0.410. The summed E-state index contributed by atoms with van der Waals surface area (Å²) in [5, 5.41) is 10.2. The fourth-order valence-corrected chi connectivity index (χ4v) is 4.50. The van der Waals surface area contributed by atoms with E-state index in [0.717, 1.165) is 6.42 Å². The molecule has 1 saturated heterocycles. The van der Waals surface area contributed by atoms with Crippen molar-refractivity contribution < 1.29 is 19.1 Å². The highest BCUT2D eigenvalue weighted by atomic mass is 28.3. The van der Waals surface area contributed by atoms with Gasteiger partial charge in [0.05, 0.1) is 6.61 Å². The second-order valence-electron chi connectivity index (χ2n) is 8.51. The van der Waals surface area contributed by atoms with E-state index in [-0.39, 0.29) is 17.9 Å². The fourth-order valence-electron chi connectivity index (χ4n) is 3.32.